The van der Waals surface area contributed by atoms with Gasteiger partial charge in [0.05, 0.1) is 16.3 Å². The second-order valence-electron chi connectivity index (χ2n) is 7.64. The Morgan fingerprint density at radius 2 is 1.84 bits per heavy atom. The molecule has 1 N–H and O–H groups in total. The van der Waals surface area contributed by atoms with Crippen LogP contribution in [-0.2, 0) is 6.54 Å². The van der Waals surface area contributed by atoms with Crippen LogP contribution in [0.1, 0.15) is 24.5 Å². The highest BCUT2D eigenvalue weighted by molar-refractivity contribution is 7.16. The third kappa shape index (κ3) is 6.21. The number of fused-ring (bicyclic) bond motifs is 1. The lowest BCUT2D eigenvalue weighted by Crippen LogP contribution is -2.38. The smallest absolute Gasteiger partial charge is 0.185 e. The molecule has 2 heterocycles. The lowest BCUT2D eigenvalue weighted by molar-refractivity contribution is 0.0867. The number of likely N-dealkylation sites (tertiary alicyclic amines) is 1. The molecular formula is C22H27Cl3FN3OS. The summed E-state index contributed by atoms with van der Waals surface area (Å²) in [4.78, 5) is 7.79. The fraction of sp³-hybridized carbons (Fsp3) is 0.409. The standard InChI is InChI=1S/C22H25ClFN3OS.2ClH/c1-25-22-27(19-7-4-17(23)12-21(19)29-22)13-15-8-10-26(11-9-15)14-20(28)16-2-5-18(24)6-3-16;;/h2-7,12,15,20,28H,8-11,13-14H2,1H3;2*1H. The van der Waals surface area contributed by atoms with Gasteiger partial charge in [-0.15, -0.1) is 24.8 Å². The third-order valence-electron chi connectivity index (χ3n) is 5.67. The van der Waals surface area contributed by atoms with E-state index in [1.54, 1.807) is 23.5 Å². The first kappa shape index (κ1) is 26.1. The fourth-order valence-electron chi connectivity index (χ4n) is 4.04. The number of hydrogen-bond donors (Lipinski definition) is 1. The number of aliphatic hydroxyl groups is 1. The first-order chi connectivity index (χ1) is 14.0. The molecule has 0 aliphatic carbocycles. The van der Waals surface area contributed by atoms with Crippen LogP contribution in [-0.4, -0.2) is 41.3 Å². The van der Waals surface area contributed by atoms with E-state index in [0.29, 0.717) is 12.5 Å². The summed E-state index contributed by atoms with van der Waals surface area (Å²) in [7, 11) is 1.84. The maximum atomic E-state index is 13.1. The molecule has 1 unspecified atom stereocenters. The van der Waals surface area contributed by atoms with E-state index in [4.69, 9.17) is 11.6 Å². The third-order valence-corrected chi connectivity index (χ3v) is 7.04. The molecule has 4 rings (SSSR count). The number of hydrogen-bond acceptors (Lipinski definition) is 4. The van der Waals surface area contributed by atoms with Gasteiger partial charge in [0.2, 0.25) is 0 Å². The Hall–Kier alpha value is -1.15. The normalized spacial score (nSPS) is 16.7. The van der Waals surface area contributed by atoms with E-state index >= 15 is 0 Å². The molecule has 0 spiro atoms. The average Bonchev–Trinajstić information content (AvgIpc) is 3.06. The van der Waals surface area contributed by atoms with Crippen LogP contribution in [0.25, 0.3) is 10.2 Å². The lowest BCUT2D eigenvalue weighted by atomic mass is 9.96. The lowest BCUT2D eigenvalue weighted by Gasteiger charge is -2.33. The number of β-amino-alcohol motifs (C(OH)–C–C–N with tert-alkyl or cyclic N) is 1. The Kier molecular flexibility index (Phi) is 9.80. The highest BCUT2D eigenvalue weighted by Crippen LogP contribution is 2.26. The first-order valence-corrected chi connectivity index (χ1v) is 11.1. The number of benzene rings is 2. The van der Waals surface area contributed by atoms with Crippen molar-refractivity contribution in [2.75, 3.05) is 26.7 Å². The van der Waals surface area contributed by atoms with Crippen molar-refractivity contribution in [3.63, 3.8) is 0 Å². The molecule has 170 valence electrons. The van der Waals surface area contributed by atoms with Crippen molar-refractivity contribution in [2.24, 2.45) is 10.9 Å². The monoisotopic (exact) mass is 505 g/mol. The van der Waals surface area contributed by atoms with Gasteiger partial charge in [0.1, 0.15) is 5.82 Å². The van der Waals surface area contributed by atoms with Gasteiger partial charge in [-0.05, 0) is 67.7 Å². The average molecular weight is 507 g/mol. The zero-order valence-corrected chi connectivity index (χ0v) is 20.4. The number of aromatic nitrogens is 1. The van der Waals surface area contributed by atoms with Crippen molar-refractivity contribution >= 4 is 58.0 Å². The van der Waals surface area contributed by atoms with Crippen molar-refractivity contribution in [1.29, 1.82) is 0 Å². The van der Waals surface area contributed by atoms with Crippen LogP contribution < -0.4 is 4.80 Å². The van der Waals surface area contributed by atoms with Gasteiger partial charge < -0.3 is 14.6 Å². The SMILES string of the molecule is CN=c1sc2cc(Cl)ccc2n1CC1CCN(CC(O)c2ccc(F)cc2)CC1.Cl.Cl. The topological polar surface area (TPSA) is 40.8 Å². The van der Waals surface area contributed by atoms with Gasteiger partial charge >= 0.3 is 0 Å². The maximum Gasteiger partial charge on any atom is 0.185 e. The highest BCUT2D eigenvalue weighted by atomic mass is 35.5. The molecule has 0 bridgehead atoms. The zero-order valence-electron chi connectivity index (χ0n) is 17.2. The molecule has 3 aromatic rings. The van der Waals surface area contributed by atoms with Gasteiger partial charge in [-0.2, -0.15) is 0 Å². The van der Waals surface area contributed by atoms with Gasteiger partial charge in [-0.3, -0.25) is 4.99 Å². The van der Waals surface area contributed by atoms with Crippen LogP contribution in [0.3, 0.4) is 0 Å². The second-order valence-corrected chi connectivity index (χ2v) is 9.09. The minimum atomic E-state index is -0.586. The summed E-state index contributed by atoms with van der Waals surface area (Å²) in [6.45, 7) is 3.44. The zero-order chi connectivity index (χ0) is 20.4. The van der Waals surface area contributed by atoms with E-state index in [1.807, 2.05) is 19.2 Å². The molecule has 0 radical (unpaired) electrons. The second kappa shape index (κ2) is 11.6. The van der Waals surface area contributed by atoms with Gasteiger partial charge in [0.15, 0.2) is 4.80 Å². The van der Waals surface area contributed by atoms with E-state index < -0.39 is 6.10 Å². The Balaban J connectivity index is 0.00000171. The maximum absolute atomic E-state index is 13.1. The molecule has 31 heavy (non-hydrogen) atoms. The predicted octanol–water partition coefficient (Wildman–Crippen LogP) is 5.32. The van der Waals surface area contributed by atoms with Crippen molar-refractivity contribution in [1.82, 2.24) is 9.47 Å². The van der Waals surface area contributed by atoms with E-state index in [2.05, 4.69) is 20.5 Å². The van der Waals surface area contributed by atoms with Crippen LogP contribution in [0.5, 0.6) is 0 Å². The molecule has 1 aromatic heterocycles. The number of rotatable bonds is 5. The highest BCUT2D eigenvalue weighted by Gasteiger charge is 2.23. The molecule has 1 saturated heterocycles. The molecule has 4 nitrogen and oxygen atoms in total. The van der Waals surface area contributed by atoms with Crippen LogP contribution in [0.15, 0.2) is 47.5 Å². The molecule has 0 saturated carbocycles. The molecule has 1 aliphatic heterocycles. The van der Waals surface area contributed by atoms with Crippen LogP contribution in [0, 0.1) is 11.7 Å². The minimum Gasteiger partial charge on any atom is -0.387 e. The molecule has 1 fully saturated rings. The quantitative estimate of drug-likeness (QED) is 0.509. The van der Waals surface area contributed by atoms with Crippen molar-refractivity contribution in [3.8, 4) is 0 Å². The number of halogens is 4. The molecule has 0 amide bonds. The summed E-state index contributed by atoms with van der Waals surface area (Å²) < 4.78 is 16.5. The molecule has 1 atom stereocenters. The molecule has 2 aromatic carbocycles. The van der Waals surface area contributed by atoms with Crippen molar-refractivity contribution < 1.29 is 9.50 Å². The van der Waals surface area contributed by atoms with Gasteiger partial charge in [-0.1, -0.05) is 35.1 Å². The molecule has 1 aliphatic rings. The summed E-state index contributed by atoms with van der Waals surface area (Å²) >= 11 is 7.82. The minimum absolute atomic E-state index is 0. The van der Waals surface area contributed by atoms with E-state index in [1.165, 1.54) is 17.6 Å². The molecular weight excluding hydrogens is 480 g/mol. The summed E-state index contributed by atoms with van der Waals surface area (Å²) in [5, 5.41) is 11.2. The van der Waals surface area contributed by atoms with Crippen molar-refractivity contribution in [3.05, 3.63) is 63.7 Å². The van der Waals surface area contributed by atoms with Crippen LogP contribution in [0.2, 0.25) is 5.02 Å². The summed E-state index contributed by atoms with van der Waals surface area (Å²) in [6.07, 6.45) is 1.58. The van der Waals surface area contributed by atoms with E-state index in [-0.39, 0.29) is 30.6 Å². The van der Waals surface area contributed by atoms with Gasteiger partial charge in [0.25, 0.3) is 0 Å². The summed E-state index contributed by atoms with van der Waals surface area (Å²) in [6, 6.07) is 12.1. The number of piperidine rings is 1. The van der Waals surface area contributed by atoms with Gasteiger partial charge in [-0.25, -0.2) is 4.39 Å². The number of aliphatic hydroxyl groups excluding tert-OH is 1. The fourth-order valence-corrected chi connectivity index (χ4v) is 5.31. The van der Waals surface area contributed by atoms with E-state index in [9.17, 15) is 9.50 Å². The van der Waals surface area contributed by atoms with Crippen LogP contribution >= 0.6 is 47.8 Å². The molecule has 9 heteroatoms. The summed E-state index contributed by atoms with van der Waals surface area (Å²) in [5.41, 5.74) is 1.95. The number of thiazole rings is 1. The largest absolute Gasteiger partial charge is 0.387 e. The van der Waals surface area contributed by atoms with Crippen molar-refractivity contribution in [2.45, 2.75) is 25.5 Å². The Morgan fingerprint density at radius 1 is 1.16 bits per heavy atom. The number of nitrogens with zero attached hydrogens (tertiary/aromatic N) is 3. The Morgan fingerprint density at radius 3 is 2.48 bits per heavy atom. The van der Waals surface area contributed by atoms with E-state index in [0.717, 1.165) is 52.6 Å². The van der Waals surface area contributed by atoms with Gasteiger partial charge in [0, 0.05) is 25.2 Å². The first-order valence-electron chi connectivity index (χ1n) is 9.91. The Bertz CT molecular complexity index is 1050. The van der Waals surface area contributed by atoms with Crippen LogP contribution in [0.4, 0.5) is 4.39 Å². The summed E-state index contributed by atoms with van der Waals surface area (Å²) in [5.74, 6) is 0.300. The Labute approximate surface area is 203 Å². The predicted molar refractivity (Wildman–Crippen MR) is 131 cm³/mol.